The van der Waals surface area contributed by atoms with Crippen LogP contribution in [0, 0.1) is 0 Å². The molecule has 6 heteroatoms. The molecule has 0 radical (unpaired) electrons. The third kappa shape index (κ3) is 3.52. The highest BCUT2D eigenvalue weighted by atomic mass is 79.9. The largest absolute Gasteiger partial charge is 0.435 e. The molecule has 0 spiro atoms. The van der Waals surface area contributed by atoms with Crippen LogP contribution in [0.5, 0.6) is 5.75 Å². The van der Waals surface area contributed by atoms with E-state index in [9.17, 15) is 13.6 Å². The molecule has 0 aliphatic heterocycles. The minimum absolute atomic E-state index is 0.0268. The van der Waals surface area contributed by atoms with Crippen molar-refractivity contribution in [2.24, 2.45) is 0 Å². The summed E-state index contributed by atoms with van der Waals surface area (Å²) in [5.41, 5.74) is 0.561. The zero-order chi connectivity index (χ0) is 12.3. The maximum atomic E-state index is 12.0. The molecule has 2 nitrogen and oxygen atoms in total. The van der Waals surface area contributed by atoms with Crippen LogP contribution in [0.25, 0.3) is 0 Å². The average molecular weight is 358 g/mol. The van der Waals surface area contributed by atoms with Gasteiger partial charge in [-0.05, 0) is 30.7 Å². The molecule has 1 unspecified atom stereocenters. The number of carbonyl (C=O) groups excluding carboxylic acids is 1. The first-order valence-corrected chi connectivity index (χ1v) is 6.01. The van der Waals surface area contributed by atoms with Gasteiger partial charge in [0, 0.05) is 4.47 Å². The van der Waals surface area contributed by atoms with Crippen LogP contribution in [-0.4, -0.2) is 12.4 Å². The summed E-state index contributed by atoms with van der Waals surface area (Å²) < 4.78 is 28.9. The molecule has 0 heterocycles. The Labute approximate surface area is 108 Å². The number of hydrogen-bond donors (Lipinski definition) is 0. The number of ether oxygens (including phenoxy) is 1. The molecule has 1 rings (SSSR count). The maximum absolute atomic E-state index is 12.0. The van der Waals surface area contributed by atoms with E-state index < -0.39 is 11.4 Å². The molecule has 0 bridgehead atoms. The summed E-state index contributed by atoms with van der Waals surface area (Å²) in [5, 5.41) is 0. The van der Waals surface area contributed by atoms with E-state index in [1.807, 2.05) is 0 Å². The second-order valence-electron chi connectivity index (χ2n) is 3.04. The first-order valence-electron chi connectivity index (χ1n) is 4.30. The fourth-order valence-electron chi connectivity index (χ4n) is 1.11. The van der Waals surface area contributed by atoms with E-state index in [0.717, 1.165) is 0 Å². The van der Waals surface area contributed by atoms with Gasteiger partial charge < -0.3 is 4.74 Å². The van der Waals surface area contributed by atoms with Crippen molar-refractivity contribution in [1.29, 1.82) is 0 Å². The fraction of sp³-hybridized carbons (Fsp3) is 0.300. The highest BCUT2D eigenvalue weighted by Crippen LogP contribution is 2.33. The standard InChI is InChI=1S/C10H8Br2F2O2/c1-5(15)9(12)7-4-6(16-10(13)14)2-3-8(7)11/h2-4,9-10H,1H3. The van der Waals surface area contributed by atoms with E-state index in [-0.39, 0.29) is 11.5 Å². The van der Waals surface area contributed by atoms with Gasteiger partial charge in [0.2, 0.25) is 0 Å². The summed E-state index contributed by atoms with van der Waals surface area (Å²) in [6.45, 7) is -1.47. The topological polar surface area (TPSA) is 26.3 Å². The third-order valence-corrected chi connectivity index (χ3v) is 3.68. The first-order chi connectivity index (χ1) is 7.41. The van der Waals surface area contributed by atoms with Crippen molar-refractivity contribution < 1.29 is 18.3 Å². The number of Topliss-reactive ketones (excluding diaryl/α,β-unsaturated/α-hetero) is 1. The Bertz CT molecular complexity index is 396. The number of rotatable bonds is 4. The van der Waals surface area contributed by atoms with Gasteiger partial charge in [-0.25, -0.2) is 0 Å². The molecule has 88 valence electrons. The van der Waals surface area contributed by atoms with Gasteiger partial charge in [0.15, 0.2) is 0 Å². The maximum Gasteiger partial charge on any atom is 0.387 e. The summed E-state index contributed by atoms with van der Waals surface area (Å²) in [6, 6.07) is 4.36. The third-order valence-electron chi connectivity index (χ3n) is 1.82. The number of hydrogen-bond acceptors (Lipinski definition) is 2. The van der Waals surface area contributed by atoms with Crippen LogP contribution in [0.2, 0.25) is 0 Å². The van der Waals surface area contributed by atoms with Crippen molar-refractivity contribution in [1.82, 2.24) is 0 Å². The SMILES string of the molecule is CC(=O)C(Br)c1cc(OC(F)F)ccc1Br. The van der Waals surface area contributed by atoms with Gasteiger partial charge in [-0.3, -0.25) is 4.79 Å². The minimum atomic E-state index is -2.87. The highest BCUT2D eigenvalue weighted by Gasteiger charge is 2.17. The van der Waals surface area contributed by atoms with E-state index in [0.29, 0.717) is 10.0 Å². The lowest BCUT2D eigenvalue weighted by Gasteiger charge is -2.11. The quantitative estimate of drug-likeness (QED) is 0.759. The molecule has 0 fully saturated rings. The predicted octanol–water partition coefficient (Wildman–Crippen LogP) is 4.08. The van der Waals surface area contributed by atoms with Gasteiger partial charge in [-0.2, -0.15) is 8.78 Å². The normalized spacial score (nSPS) is 12.6. The summed E-state index contributed by atoms with van der Waals surface area (Å²) in [7, 11) is 0. The first kappa shape index (κ1) is 13.6. The summed E-state index contributed by atoms with van der Waals surface area (Å²) in [5.74, 6) is -0.0891. The molecule has 0 aliphatic carbocycles. The highest BCUT2D eigenvalue weighted by molar-refractivity contribution is 9.11. The van der Waals surface area contributed by atoms with Crippen molar-refractivity contribution in [2.45, 2.75) is 18.4 Å². The van der Waals surface area contributed by atoms with Crippen molar-refractivity contribution in [3.8, 4) is 5.75 Å². The molecule has 1 aromatic rings. The Hall–Kier alpha value is -0.490. The molecule has 0 N–H and O–H groups in total. The number of carbonyl (C=O) groups is 1. The molecule has 16 heavy (non-hydrogen) atoms. The zero-order valence-electron chi connectivity index (χ0n) is 8.22. The molecule has 0 aromatic heterocycles. The molecule has 0 aliphatic rings. The summed E-state index contributed by atoms with van der Waals surface area (Å²) in [4.78, 5) is 10.6. The molecule has 0 saturated carbocycles. The van der Waals surface area contributed by atoms with Crippen molar-refractivity contribution in [2.75, 3.05) is 0 Å². The second-order valence-corrected chi connectivity index (χ2v) is 4.81. The molecular formula is C10H8Br2F2O2. The average Bonchev–Trinajstić information content (AvgIpc) is 2.19. The number of alkyl halides is 3. The fourth-order valence-corrected chi connectivity index (χ4v) is 2.27. The predicted molar refractivity (Wildman–Crippen MR) is 63.1 cm³/mol. The van der Waals surface area contributed by atoms with Crippen LogP contribution in [0.1, 0.15) is 17.3 Å². The van der Waals surface area contributed by atoms with Crippen LogP contribution >= 0.6 is 31.9 Å². The van der Waals surface area contributed by atoms with E-state index in [1.165, 1.54) is 19.1 Å². The smallest absolute Gasteiger partial charge is 0.387 e. The molecule has 0 saturated heterocycles. The summed E-state index contributed by atoms with van der Waals surface area (Å²) >= 11 is 6.42. The van der Waals surface area contributed by atoms with Gasteiger partial charge in [0.05, 0.1) is 4.83 Å². The van der Waals surface area contributed by atoms with Crippen molar-refractivity contribution >= 4 is 37.6 Å². The van der Waals surface area contributed by atoms with Crippen LogP contribution in [0.15, 0.2) is 22.7 Å². The van der Waals surface area contributed by atoms with Gasteiger partial charge in [0.1, 0.15) is 11.5 Å². The number of halogens is 4. The zero-order valence-corrected chi connectivity index (χ0v) is 11.4. The Kier molecular flexibility index (Phi) is 4.86. The number of ketones is 1. The monoisotopic (exact) mass is 356 g/mol. The molecule has 1 aromatic carbocycles. The Morgan fingerprint density at radius 1 is 1.44 bits per heavy atom. The summed E-state index contributed by atoms with van der Waals surface area (Å²) in [6.07, 6.45) is 0. The van der Waals surface area contributed by atoms with Gasteiger partial charge in [-0.15, -0.1) is 0 Å². The second kappa shape index (κ2) is 5.72. The van der Waals surface area contributed by atoms with E-state index in [1.54, 1.807) is 6.07 Å². The van der Waals surface area contributed by atoms with Gasteiger partial charge in [-0.1, -0.05) is 31.9 Å². The van der Waals surface area contributed by atoms with E-state index in [4.69, 9.17) is 0 Å². The van der Waals surface area contributed by atoms with Gasteiger partial charge >= 0.3 is 6.61 Å². The van der Waals surface area contributed by atoms with Crippen LogP contribution in [-0.2, 0) is 4.79 Å². The lowest BCUT2D eigenvalue weighted by atomic mass is 10.1. The lowest BCUT2D eigenvalue weighted by molar-refractivity contribution is -0.116. The molecule has 1 atom stereocenters. The van der Waals surface area contributed by atoms with Crippen LogP contribution < -0.4 is 4.74 Å². The van der Waals surface area contributed by atoms with Crippen molar-refractivity contribution in [3.05, 3.63) is 28.2 Å². The van der Waals surface area contributed by atoms with Gasteiger partial charge in [0.25, 0.3) is 0 Å². The number of benzene rings is 1. The molecule has 0 amide bonds. The molecular weight excluding hydrogens is 350 g/mol. The van der Waals surface area contributed by atoms with Crippen LogP contribution in [0.4, 0.5) is 8.78 Å². The Morgan fingerprint density at radius 2 is 2.06 bits per heavy atom. The van der Waals surface area contributed by atoms with E-state index >= 15 is 0 Å². The minimum Gasteiger partial charge on any atom is -0.435 e. The Balaban J connectivity index is 3.03. The Morgan fingerprint density at radius 3 is 2.56 bits per heavy atom. The van der Waals surface area contributed by atoms with E-state index in [2.05, 4.69) is 36.6 Å². The van der Waals surface area contributed by atoms with Crippen LogP contribution in [0.3, 0.4) is 0 Å². The van der Waals surface area contributed by atoms with Crippen molar-refractivity contribution in [3.63, 3.8) is 0 Å². The lowest BCUT2D eigenvalue weighted by Crippen LogP contribution is -2.05.